The van der Waals surface area contributed by atoms with Crippen molar-refractivity contribution in [3.8, 4) is 16.9 Å². The van der Waals surface area contributed by atoms with Crippen LogP contribution in [0.25, 0.3) is 21.3 Å². The van der Waals surface area contributed by atoms with E-state index in [0.29, 0.717) is 12.2 Å². The fourth-order valence-corrected chi connectivity index (χ4v) is 5.01. The van der Waals surface area contributed by atoms with Gasteiger partial charge in [0.2, 0.25) is 0 Å². The van der Waals surface area contributed by atoms with Crippen molar-refractivity contribution in [1.82, 2.24) is 16.5 Å². The molecular weight excluding hydrogens is 382 g/mol. The Morgan fingerprint density at radius 2 is 2.00 bits per heavy atom. The van der Waals surface area contributed by atoms with Gasteiger partial charge in [-0.15, -0.1) is 11.3 Å². The fraction of sp³-hybridized carbons (Fsp3) is 0.391. The van der Waals surface area contributed by atoms with Crippen LogP contribution >= 0.6 is 11.3 Å². The molecule has 1 aromatic carbocycles. The number of hydrogen-bond donors (Lipinski definition) is 2. The van der Waals surface area contributed by atoms with Gasteiger partial charge in [-0.05, 0) is 44.4 Å². The molecule has 1 aliphatic rings. The number of rotatable bonds is 5. The number of aryl methyl sites for hydroxylation is 2. The van der Waals surface area contributed by atoms with Crippen molar-refractivity contribution in [3.63, 3.8) is 0 Å². The highest BCUT2D eigenvalue weighted by molar-refractivity contribution is 7.19. The van der Waals surface area contributed by atoms with E-state index in [1.807, 2.05) is 6.92 Å². The lowest BCUT2D eigenvalue weighted by Gasteiger charge is -2.17. The van der Waals surface area contributed by atoms with Crippen LogP contribution in [-0.2, 0) is 17.8 Å². The molecule has 29 heavy (non-hydrogen) atoms. The number of unbranched alkanes of at least 4 members (excludes halogenated alkanes) is 1. The predicted octanol–water partition coefficient (Wildman–Crippen LogP) is 5.48. The molecule has 4 rings (SSSR count). The van der Waals surface area contributed by atoms with Gasteiger partial charge in [0.1, 0.15) is 4.83 Å². The van der Waals surface area contributed by atoms with Gasteiger partial charge in [-0.1, -0.05) is 43.2 Å². The number of nitrogens with zero attached hydrogens (tertiary/aromatic N) is 1. The highest BCUT2D eigenvalue weighted by Gasteiger charge is 2.25. The highest BCUT2D eigenvalue weighted by Crippen LogP contribution is 2.44. The molecular formula is C23H29N3O2S. The van der Waals surface area contributed by atoms with E-state index < -0.39 is 0 Å². The number of hydrogen-bond acceptors (Lipinski definition) is 6. The maximum absolute atomic E-state index is 12.5. The molecule has 2 aromatic heterocycles. The molecule has 0 atom stereocenters. The molecule has 0 aliphatic carbocycles. The second-order valence-electron chi connectivity index (χ2n) is 7.46. The van der Waals surface area contributed by atoms with E-state index in [1.165, 1.54) is 16.0 Å². The first-order valence-corrected chi connectivity index (χ1v) is 10.8. The number of thiophene rings is 1. The quantitative estimate of drug-likeness (QED) is 0.543. The number of aromatic nitrogens is 1. The molecule has 0 bridgehead atoms. The minimum absolute atomic E-state index is 0. The summed E-state index contributed by atoms with van der Waals surface area (Å²) in [6, 6.07) is 8.47. The van der Waals surface area contributed by atoms with Crippen LogP contribution in [0, 0.1) is 13.8 Å². The van der Waals surface area contributed by atoms with Gasteiger partial charge in [0.15, 0.2) is 5.75 Å². The molecule has 0 radical (unpaired) electrons. The van der Waals surface area contributed by atoms with E-state index in [1.54, 1.807) is 11.3 Å². The Labute approximate surface area is 176 Å². The Bertz CT molecular complexity index is 1030. The third-order valence-corrected chi connectivity index (χ3v) is 6.40. The largest absolute Gasteiger partial charge is 0.424 e. The van der Waals surface area contributed by atoms with Crippen LogP contribution in [0.4, 0.5) is 0 Å². The summed E-state index contributed by atoms with van der Waals surface area (Å²) < 4.78 is 5.92. The lowest BCUT2D eigenvalue weighted by atomic mass is 9.95. The molecule has 0 amide bonds. The van der Waals surface area contributed by atoms with Crippen molar-refractivity contribution in [2.75, 3.05) is 6.54 Å². The predicted molar refractivity (Wildman–Crippen MR) is 120 cm³/mol. The summed E-state index contributed by atoms with van der Waals surface area (Å²) in [5, 5.41) is 4.61. The molecule has 154 valence electrons. The van der Waals surface area contributed by atoms with Gasteiger partial charge < -0.3 is 16.2 Å². The van der Waals surface area contributed by atoms with Crippen LogP contribution in [0.15, 0.2) is 24.3 Å². The second-order valence-corrected chi connectivity index (χ2v) is 8.54. The molecule has 0 saturated heterocycles. The lowest BCUT2D eigenvalue weighted by Crippen LogP contribution is -2.22. The molecule has 6 heteroatoms. The first-order chi connectivity index (χ1) is 13.6. The Balaban J connectivity index is 0.00000240. The van der Waals surface area contributed by atoms with Gasteiger partial charge in [-0.25, -0.2) is 4.98 Å². The molecule has 5 nitrogen and oxygen atoms in total. The third-order valence-electron chi connectivity index (χ3n) is 5.27. The van der Waals surface area contributed by atoms with E-state index in [9.17, 15) is 4.79 Å². The van der Waals surface area contributed by atoms with Crippen LogP contribution in [0.3, 0.4) is 0 Å². The molecule has 1 aliphatic heterocycles. The Morgan fingerprint density at radius 3 is 2.72 bits per heavy atom. The number of carbonyl (C=O) groups is 1. The van der Waals surface area contributed by atoms with Gasteiger partial charge in [-0.2, -0.15) is 0 Å². The average molecular weight is 412 g/mol. The van der Waals surface area contributed by atoms with E-state index in [0.717, 1.165) is 59.4 Å². The van der Waals surface area contributed by atoms with Crippen LogP contribution in [0.2, 0.25) is 0 Å². The standard InChI is InChI=1S/C23H26N2O2S.H3N/c1-4-5-6-19(26)27-22-15(3)25-23-21(17-11-12-24-13-18(17)28-23)20(22)16-9-7-14(2)8-10-16;/h7-10,24H,4-6,11-13H2,1-3H3;1H3. The SMILES string of the molecule is CCCCC(=O)Oc1c(C)nc2sc3c(c2c1-c1ccc(C)cc1)CCNC3.N. The van der Waals surface area contributed by atoms with Crippen molar-refractivity contribution in [3.05, 3.63) is 46.0 Å². The van der Waals surface area contributed by atoms with Gasteiger partial charge >= 0.3 is 5.97 Å². The first kappa shape index (κ1) is 21.4. The normalized spacial score (nSPS) is 13.1. The lowest BCUT2D eigenvalue weighted by molar-refractivity contribution is -0.134. The monoisotopic (exact) mass is 411 g/mol. The molecule has 0 unspecified atom stereocenters. The Morgan fingerprint density at radius 1 is 1.24 bits per heavy atom. The van der Waals surface area contributed by atoms with E-state index in [2.05, 4.69) is 43.4 Å². The average Bonchev–Trinajstić information content (AvgIpc) is 3.05. The summed E-state index contributed by atoms with van der Waals surface area (Å²) in [5.74, 6) is 0.446. The van der Waals surface area contributed by atoms with Crippen molar-refractivity contribution in [1.29, 1.82) is 0 Å². The van der Waals surface area contributed by atoms with Crippen LogP contribution in [0.1, 0.15) is 47.9 Å². The van der Waals surface area contributed by atoms with Crippen molar-refractivity contribution in [2.45, 2.75) is 53.0 Å². The summed E-state index contributed by atoms with van der Waals surface area (Å²) in [6.45, 7) is 7.95. The van der Waals surface area contributed by atoms with Gasteiger partial charge in [0, 0.05) is 28.8 Å². The maximum atomic E-state index is 12.5. The van der Waals surface area contributed by atoms with Crippen LogP contribution < -0.4 is 16.2 Å². The Hall–Kier alpha value is -2.28. The number of carbonyl (C=O) groups excluding carboxylic acids is 1. The molecule has 0 fully saturated rings. The number of nitrogens with one attached hydrogen (secondary N) is 1. The summed E-state index contributed by atoms with van der Waals surface area (Å²) >= 11 is 1.75. The molecule has 4 N–H and O–H groups in total. The minimum atomic E-state index is -0.176. The fourth-order valence-electron chi connectivity index (χ4n) is 3.76. The number of benzene rings is 1. The summed E-state index contributed by atoms with van der Waals surface area (Å²) in [5.41, 5.74) is 5.45. The van der Waals surface area contributed by atoms with Crippen LogP contribution in [0.5, 0.6) is 5.75 Å². The second kappa shape index (κ2) is 9.03. The molecule has 0 spiro atoms. The summed E-state index contributed by atoms with van der Waals surface area (Å²) in [6.07, 6.45) is 3.23. The highest BCUT2D eigenvalue weighted by atomic mass is 32.1. The smallest absolute Gasteiger partial charge is 0.311 e. The van der Waals surface area contributed by atoms with Crippen molar-refractivity contribution >= 4 is 27.5 Å². The van der Waals surface area contributed by atoms with E-state index in [-0.39, 0.29) is 12.1 Å². The van der Waals surface area contributed by atoms with Gasteiger partial charge in [0.25, 0.3) is 0 Å². The maximum Gasteiger partial charge on any atom is 0.311 e. The number of pyridine rings is 1. The topological polar surface area (TPSA) is 86.2 Å². The first-order valence-electron chi connectivity index (χ1n) is 10.0. The van der Waals surface area contributed by atoms with Crippen molar-refractivity contribution in [2.24, 2.45) is 0 Å². The Kier molecular flexibility index (Phi) is 6.67. The molecule has 0 saturated carbocycles. The summed E-state index contributed by atoms with van der Waals surface area (Å²) in [7, 11) is 0. The zero-order valence-electron chi connectivity index (χ0n) is 17.4. The number of fused-ring (bicyclic) bond motifs is 3. The zero-order valence-corrected chi connectivity index (χ0v) is 18.2. The van der Waals surface area contributed by atoms with Crippen LogP contribution in [-0.4, -0.2) is 17.5 Å². The minimum Gasteiger partial charge on any atom is -0.424 e. The summed E-state index contributed by atoms with van der Waals surface area (Å²) in [4.78, 5) is 19.7. The van der Waals surface area contributed by atoms with E-state index in [4.69, 9.17) is 9.72 Å². The molecule has 3 heterocycles. The third kappa shape index (κ3) is 4.20. The number of ether oxygens (including phenoxy) is 1. The van der Waals surface area contributed by atoms with E-state index >= 15 is 0 Å². The zero-order chi connectivity index (χ0) is 19.7. The molecule has 3 aromatic rings. The van der Waals surface area contributed by atoms with Gasteiger partial charge in [-0.3, -0.25) is 4.79 Å². The number of esters is 1. The van der Waals surface area contributed by atoms with Gasteiger partial charge in [0.05, 0.1) is 5.69 Å². The van der Waals surface area contributed by atoms with Crippen molar-refractivity contribution < 1.29 is 9.53 Å².